The van der Waals surface area contributed by atoms with Crippen LogP contribution in [0.15, 0.2) is 48.5 Å². The minimum Gasteiger partial charge on any atom is -0.492 e. The Labute approximate surface area is 131 Å². The second kappa shape index (κ2) is 7.25. The van der Waals surface area contributed by atoms with Crippen LogP contribution in [-0.4, -0.2) is 19.1 Å². The summed E-state index contributed by atoms with van der Waals surface area (Å²) < 4.78 is 6.41. The van der Waals surface area contributed by atoms with Crippen LogP contribution in [0.4, 0.5) is 5.69 Å². The number of rotatable bonds is 5. The second-order valence-corrected chi connectivity index (χ2v) is 5.37. The summed E-state index contributed by atoms with van der Waals surface area (Å²) in [5, 5.41) is 2.85. The van der Waals surface area contributed by atoms with Crippen LogP contribution in [0.2, 0.25) is 0 Å². The normalized spacial score (nSPS) is 10.1. The number of carbonyl (C=O) groups excluding carboxylic acids is 1. The van der Waals surface area contributed by atoms with Crippen LogP contribution in [0, 0.1) is 3.57 Å². The Morgan fingerprint density at radius 2 is 1.95 bits per heavy atom. The first-order chi connectivity index (χ1) is 9.69. The molecule has 0 heterocycles. The van der Waals surface area contributed by atoms with Crippen molar-refractivity contribution in [2.24, 2.45) is 5.73 Å². The lowest BCUT2D eigenvalue weighted by molar-refractivity contribution is 0.102. The first-order valence-corrected chi connectivity index (χ1v) is 7.27. The van der Waals surface area contributed by atoms with Gasteiger partial charge in [0.1, 0.15) is 12.4 Å². The smallest absolute Gasteiger partial charge is 0.255 e. The van der Waals surface area contributed by atoms with Crippen LogP contribution in [0.1, 0.15) is 10.4 Å². The van der Waals surface area contributed by atoms with E-state index in [0.717, 1.165) is 15.0 Å². The Balaban J connectivity index is 2.01. The average molecular weight is 382 g/mol. The lowest BCUT2D eigenvalue weighted by Crippen LogP contribution is -2.12. The average Bonchev–Trinajstić information content (AvgIpc) is 2.46. The number of ether oxygens (including phenoxy) is 1. The van der Waals surface area contributed by atoms with Crippen molar-refractivity contribution >= 4 is 34.2 Å². The van der Waals surface area contributed by atoms with Crippen LogP contribution < -0.4 is 15.8 Å². The highest BCUT2D eigenvalue weighted by Gasteiger charge is 2.06. The highest BCUT2D eigenvalue weighted by atomic mass is 127. The fourth-order valence-corrected chi connectivity index (χ4v) is 2.19. The van der Waals surface area contributed by atoms with Gasteiger partial charge in [-0.1, -0.05) is 6.07 Å². The maximum absolute atomic E-state index is 12.1. The monoisotopic (exact) mass is 382 g/mol. The van der Waals surface area contributed by atoms with Gasteiger partial charge < -0.3 is 15.8 Å². The van der Waals surface area contributed by atoms with E-state index >= 15 is 0 Å². The number of halogens is 1. The molecule has 1 amide bonds. The molecule has 0 aliphatic rings. The molecule has 0 unspecified atom stereocenters. The molecule has 0 aliphatic heterocycles. The number of carbonyl (C=O) groups is 1. The molecule has 0 saturated carbocycles. The van der Waals surface area contributed by atoms with E-state index in [1.807, 2.05) is 18.2 Å². The minimum absolute atomic E-state index is 0.126. The largest absolute Gasteiger partial charge is 0.492 e. The highest BCUT2D eigenvalue weighted by molar-refractivity contribution is 14.1. The summed E-state index contributed by atoms with van der Waals surface area (Å²) >= 11 is 2.18. The van der Waals surface area contributed by atoms with Gasteiger partial charge in [0.15, 0.2) is 0 Å². The van der Waals surface area contributed by atoms with Crippen LogP contribution >= 0.6 is 22.6 Å². The Bertz CT molecular complexity index is 585. The molecule has 0 aliphatic carbocycles. The molecule has 0 atom stereocenters. The SMILES string of the molecule is NCCOc1ccc(NC(=O)c2cccc(I)c2)cc1. The van der Waals surface area contributed by atoms with Crippen LogP contribution in [0.25, 0.3) is 0 Å². The molecule has 104 valence electrons. The van der Waals surface area contributed by atoms with Gasteiger partial charge in [-0.15, -0.1) is 0 Å². The zero-order chi connectivity index (χ0) is 14.4. The Morgan fingerprint density at radius 3 is 2.60 bits per heavy atom. The molecule has 2 rings (SSSR count). The molecule has 0 radical (unpaired) electrons. The Hall–Kier alpha value is -1.60. The summed E-state index contributed by atoms with van der Waals surface area (Å²) in [6, 6.07) is 14.7. The molecule has 2 aromatic rings. The number of amides is 1. The van der Waals surface area contributed by atoms with Crippen molar-refractivity contribution in [1.29, 1.82) is 0 Å². The molecule has 0 fully saturated rings. The molecule has 20 heavy (non-hydrogen) atoms. The fraction of sp³-hybridized carbons (Fsp3) is 0.133. The minimum atomic E-state index is -0.126. The molecule has 0 spiro atoms. The zero-order valence-corrected chi connectivity index (χ0v) is 13.0. The third kappa shape index (κ3) is 4.21. The topological polar surface area (TPSA) is 64.3 Å². The summed E-state index contributed by atoms with van der Waals surface area (Å²) in [6.45, 7) is 0.958. The van der Waals surface area contributed by atoms with Crippen molar-refractivity contribution in [2.75, 3.05) is 18.5 Å². The van der Waals surface area contributed by atoms with Gasteiger partial charge in [0, 0.05) is 21.4 Å². The molecule has 4 nitrogen and oxygen atoms in total. The van der Waals surface area contributed by atoms with E-state index in [2.05, 4.69) is 27.9 Å². The van der Waals surface area contributed by atoms with Crippen molar-refractivity contribution in [2.45, 2.75) is 0 Å². The van der Waals surface area contributed by atoms with E-state index in [9.17, 15) is 4.79 Å². The molecule has 0 aromatic heterocycles. The summed E-state index contributed by atoms with van der Waals surface area (Å²) in [6.07, 6.45) is 0. The van der Waals surface area contributed by atoms with E-state index in [-0.39, 0.29) is 5.91 Å². The molecule has 3 N–H and O–H groups in total. The first-order valence-electron chi connectivity index (χ1n) is 6.19. The van der Waals surface area contributed by atoms with E-state index in [1.165, 1.54) is 0 Å². The lowest BCUT2D eigenvalue weighted by Gasteiger charge is -2.08. The predicted octanol–water partition coefficient (Wildman–Crippen LogP) is 2.88. The summed E-state index contributed by atoms with van der Waals surface area (Å²) in [5.41, 5.74) is 6.74. The van der Waals surface area contributed by atoms with Gasteiger partial charge in [-0.2, -0.15) is 0 Å². The van der Waals surface area contributed by atoms with Crippen LogP contribution in [0.3, 0.4) is 0 Å². The Kier molecular flexibility index (Phi) is 5.37. The molecule has 5 heteroatoms. The van der Waals surface area contributed by atoms with Crippen molar-refractivity contribution in [3.63, 3.8) is 0 Å². The number of nitrogens with two attached hydrogens (primary N) is 1. The third-order valence-corrected chi connectivity index (χ3v) is 3.26. The van der Waals surface area contributed by atoms with E-state index in [0.29, 0.717) is 18.7 Å². The number of anilines is 1. The summed E-state index contributed by atoms with van der Waals surface area (Å²) in [5.74, 6) is 0.613. The standard InChI is InChI=1S/C15H15IN2O2/c16-12-3-1-2-11(10-12)15(19)18-13-4-6-14(7-5-13)20-9-8-17/h1-7,10H,8-9,17H2,(H,18,19). The van der Waals surface area contributed by atoms with Crippen LogP contribution in [-0.2, 0) is 0 Å². The molecule has 2 aromatic carbocycles. The molecular weight excluding hydrogens is 367 g/mol. The van der Waals surface area contributed by atoms with Crippen molar-refractivity contribution in [3.05, 3.63) is 57.7 Å². The highest BCUT2D eigenvalue weighted by Crippen LogP contribution is 2.17. The van der Waals surface area contributed by atoms with Gasteiger partial charge in [-0.3, -0.25) is 4.79 Å². The zero-order valence-electron chi connectivity index (χ0n) is 10.8. The third-order valence-electron chi connectivity index (χ3n) is 2.59. The summed E-state index contributed by atoms with van der Waals surface area (Å²) in [4.78, 5) is 12.1. The number of benzene rings is 2. The first kappa shape index (κ1) is 14.8. The molecular formula is C15H15IN2O2. The van der Waals surface area contributed by atoms with E-state index < -0.39 is 0 Å². The molecule has 0 saturated heterocycles. The fourth-order valence-electron chi connectivity index (χ4n) is 1.64. The van der Waals surface area contributed by atoms with Gasteiger partial charge in [-0.25, -0.2) is 0 Å². The Morgan fingerprint density at radius 1 is 1.20 bits per heavy atom. The van der Waals surface area contributed by atoms with Gasteiger partial charge in [0.05, 0.1) is 0 Å². The lowest BCUT2D eigenvalue weighted by atomic mass is 10.2. The van der Waals surface area contributed by atoms with Crippen molar-refractivity contribution in [3.8, 4) is 5.75 Å². The predicted molar refractivity (Wildman–Crippen MR) is 88.1 cm³/mol. The number of nitrogens with one attached hydrogen (secondary N) is 1. The van der Waals surface area contributed by atoms with Gasteiger partial charge in [0.25, 0.3) is 5.91 Å². The quantitative estimate of drug-likeness (QED) is 0.782. The van der Waals surface area contributed by atoms with E-state index in [4.69, 9.17) is 10.5 Å². The van der Waals surface area contributed by atoms with Crippen molar-refractivity contribution < 1.29 is 9.53 Å². The van der Waals surface area contributed by atoms with Gasteiger partial charge in [-0.05, 0) is 65.1 Å². The summed E-state index contributed by atoms with van der Waals surface area (Å²) in [7, 11) is 0. The molecule has 0 bridgehead atoms. The maximum atomic E-state index is 12.1. The second-order valence-electron chi connectivity index (χ2n) is 4.13. The number of hydrogen-bond acceptors (Lipinski definition) is 3. The van der Waals surface area contributed by atoms with Gasteiger partial charge in [0.2, 0.25) is 0 Å². The number of hydrogen-bond donors (Lipinski definition) is 2. The van der Waals surface area contributed by atoms with Crippen molar-refractivity contribution in [1.82, 2.24) is 0 Å². The van der Waals surface area contributed by atoms with Crippen LogP contribution in [0.5, 0.6) is 5.75 Å². The van der Waals surface area contributed by atoms with Gasteiger partial charge >= 0.3 is 0 Å². The van der Waals surface area contributed by atoms with E-state index in [1.54, 1.807) is 30.3 Å². The maximum Gasteiger partial charge on any atom is 0.255 e.